The molecule has 0 bridgehead atoms. The van der Waals surface area contributed by atoms with Gasteiger partial charge in [-0.05, 0) is 57.5 Å². The van der Waals surface area contributed by atoms with Gasteiger partial charge in [0.2, 0.25) is 0 Å². The van der Waals surface area contributed by atoms with Gasteiger partial charge in [-0.1, -0.05) is 31.0 Å². The largest absolute Gasteiger partial charge is 0.338 e. The molecule has 0 radical (unpaired) electrons. The van der Waals surface area contributed by atoms with E-state index in [-0.39, 0.29) is 6.03 Å². The molecule has 1 heterocycles. The zero-order chi connectivity index (χ0) is 14.8. The SMILES string of the molecule is O=C(NCCCCCCN1CCCC1)Nc1ccccc1. The highest BCUT2D eigenvalue weighted by Gasteiger charge is 2.09. The van der Waals surface area contributed by atoms with Crippen LogP contribution in [0.1, 0.15) is 38.5 Å². The second kappa shape index (κ2) is 9.40. The van der Waals surface area contributed by atoms with Gasteiger partial charge in [0, 0.05) is 12.2 Å². The van der Waals surface area contributed by atoms with Crippen molar-refractivity contribution in [2.45, 2.75) is 38.5 Å². The highest BCUT2D eigenvalue weighted by Crippen LogP contribution is 2.09. The van der Waals surface area contributed by atoms with Gasteiger partial charge in [0.15, 0.2) is 0 Å². The Labute approximate surface area is 127 Å². The maximum atomic E-state index is 11.6. The topological polar surface area (TPSA) is 44.4 Å². The smallest absolute Gasteiger partial charge is 0.319 e. The minimum atomic E-state index is -0.113. The van der Waals surface area contributed by atoms with Crippen LogP contribution in [0.15, 0.2) is 30.3 Å². The molecule has 0 saturated carbocycles. The van der Waals surface area contributed by atoms with Gasteiger partial charge in [0.25, 0.3) is 0 Å². The Morgan fingerprint density at radius 2 is 1.71 bits per heavy atom. The standard InChI is InChI=1S/C17H27N3O/c21-17(19-16-10-4-3-5-11-16)18-12-6-1-2-7-13-20-14-8-9-15-20/h3-5,10-11H,1-2,6-9,12-15H2,(H2,18,19,21). The van der Waals surface area contributed by atoms with E-state index in [0.29, 0.717) is 0 Å². The van der Waals surface area contributed by atoms with E-state index >= 15 is 0 Å². The average molecular weight is 289 g/mol. The van der Waals surface area contributed by atoms with Crippen LogP contribution >= 0.6 is 0 Å². The van der Waals surface area contributed by atoms with Gasteiger partial charge in [-0.3, -0.25) is 0 Å². The van der Waals surface area contributed by atoms with Crippen molar-refractivity contribution in [1.82, 2.24) is 10.2 Å². The van der Waals surface area contributed by atoms with Crippen LogP contribution in [0.25, 0.3) is 0 Å². The zero-order valence-corrected chi connectivity index (χ0v) is 12.8. The monoisotopic (exact) mass is 289 g/mol. The van der Waals surface area contributed by atoms with Crippen LogP contribution in [0.3, 0.4) is 0 Å². The van der Waals surface area contributed by atoms with Crippen LogP contribution < -0.4 is 10.6 Å². The van der Waals surface area contributed by atoms with Gasteiger partial charge in [-0.15, -0.1) is 0 Å². The minimum absolute atomic E-state index is 0.113. The van der Waals surface area contributed by atoms with E-state index in [0.717, 1.165) is 18.7 Å². The van der Waals surface area contributed by atoms with Gasteiger partial charge in [-0.2, -0.15) is 0 Å². The Kier molecular flexibility index (Phi) is 7.08. The normalized spacial score (nSPS) is 15.0. The van der Waals surface area contributed by atoms with Crippen LogP contribution in [-0.2, 0) is 0 Å². The first-order chi connectivity index (χ1) is 10.3. The molecule has 0 atom stereocenters. The molecule has 0 aromatic heterocycles. The molecule has 4 nitrogen and oxygen atoms in total. The number of amides is 2. The van der Waals surface area contributed by atoms with Crippen molar-refractivity contribution in [1.29, 1.82) is 0 Å². The molecule has 1 aromatic rings. The van der Waals surface area contributed by atoms with Crippen molar-refractivity contribution in [2.75, 3.05) is 31.5 Å². The number of carbonyl (C=O) groups is 1. The first kappa shape index (κ1) is 15.8. The summed E-state index contributed by atoms with van der Waals surface area (Å²) in [6, 6.07) is 9.42. The molecule has 0 unspecified atom stereocenters. The van der Waals surface area contributed by atoms with Gasteiger partial charge in [0.05, 0.1) is 0 Å². The number of unbranched alkanes of at least 4 members (excludes halogenated alkanes) is 3. The van der Waals surface area contributed by atoms with Gasteiger partial charge in [-0.25, -0.2) is 4.79 Å². The van der Waals surface area contributed by atoms with Crippen molar-refractivity contribution in [2.24, 2.45) is 0 Å². The quantitative estimate of drug-likeness (QED) is 0.720. The number of likely N-dealkylation sites (tertiary alicyclic amines) is 1. The lowest BCUT2D eigenvalue weighted by atomic mass is 10.2. The van der Waals surface area contributed by atoms with E-state index in [1.165, 1.54) is 51.7 Å². The van der Waals surface area contributed by atoms with E-state index < -0.39 is 0 Å². The zero-order valence-electron chi connectivity index (χ0n) is 12.8. The molecule has 0 aliphatic carbocycles. The Bertz CT molecular complexity index is 402. The first-order valence-electron chi connectivity index (χ1n) is 8.17. The highest BCUT2D eigenvalue weighted by molar-refractivity contribution is 5.89. The molecule has 1 saturated heterocycles. The lowest BCUT2D eigenvalue weighted by Crippen LogP contribution is -2.29. The fraction of sp³-hybridized carbons (Fsp3) is 0.588. The minimum Gasteiger partial charge on any atom is -0.338 e. The third-order valence-corrected chi connectivity index (χ3v) is 3.92. The predicted molar refractivity (Wildman–Crippen MR) is 87.6 cm³/mol. The summed E-state index contributed by atoms with van der Waals surface area (Å²) in [7, 11) is 0. The van der Waals surface area contributed by atoms with Crippen LogP contribution in [0.5, 0.6) is 0 Å². The summed E-state index contributed by atoms with van der Waals surface area (Å²) < 4.78 is 0. The first-order valence-corrected chi connectivity index (χ1v) is 8.17. The Balaban J connectivity index is 1.43. The molecule has 2 rings (SSSR count). The third-order valence-electron chi connectivity index (χ3n) is 3.92. The molecule has 4 heteroatoms. The number of rotatable bonds is 8. The number of nitrogens with zero attached hydrogens (tertiary/aromatic N) is 1. The summed E-state index contributed by atoms with van der Waals surface area (Å²) >= 11 is 0. The number of para-hydroxylation sites is 1. The molecule has 21 heavy (non-hydrogen) atoms. The molecule has 1 aliphatic rings. The maximum Gasteiger partial charge on any atom is 0.319 e. The summed E-state index contributed by atoms with van der Waals surface area (Å²) in [6.45, 7) is 4.59. The molecule has 2 amide bonds. The Hall–Kier alpha value is -1.55. The highest BCUT2D eigenvalue weighted by atomic mass is 16.2. The van der Waals surface area contributed by atoms with Crippen molar-refractivity contribution in [3.8, 4) is 0 Å². The molecule has 116 valence electrons. The van der Waals surface area contributed by atoms with Crippen molar-refractivity contribution < 1.29 is 4.79 Å². The molecular weight excluding hydrogens is 262 g/mol. The predicted octanol–water partition coefficient (Wildman–Crippen LogP) is 3.46. The van der Waals surface area contributed by atoms with Crippen molar-refractivity contribution in [3.05, 3.63) is 30.3 Å². The van der Waals surface area contributed by atoms with Crippen LogP contribution in [0, 0.1) is 0 Å². The van der Waals surface area contributed by atoms with Crippen LogP contribution in [-0.4, -0.2) is 37.1 Å². The Morgan fingerprint density at radius 1 is 1.00 bits per heavy atom. The second-order valence-electron chi connectivity index (χ2n) is 5.71. The third kappa shape index (κ3) is 6.63. The molecule has 1 aliphatic heterocycles. The number of anilines is 1. The number of nitrogens with one attached hydrogen (secondary N) is 2. The van der Waals surface area contributed by atoms with Crippen molar-refractivity contribution >= 4 is 11.7 Å². The summed E-state index contributed by atoms with van der Waals surface area (Å²) in [4.78, 5) is 14.2. The fourth-order valence-electron chi connectivity index (χ4n) is 2.72. The lowest BCUT2D eigenvalue weighted by molar-refractivity contribution is 0.252. The fourth-order valence-corrected chi connectivity index (χ4v) is 2.72. The van der Waals surface area contributed by atoms with Gasteiger partial charge in [0.1, 0.15) is 0 Å². The molecule has 2 N–H and O–H groups in total. The second-order valence-corrected chi connectivity index (χ2v) is 5.71. The van der Waals surface area contributed by atoms with Gasteiger partial charge >= 0.3 is 6.03 Å². The summed E-state index contributed by atoms with van der Waals surface area (Å²) in [5.41, 5.74) is 0.834. The number of urea groups is 1. The summed E-state index contributed by atoms with van der Waals surface area (Å²) in [5, 5.41) is 5.73. The van der Waals surface area contributed by atoms with E-state index in [2.05, 4.69) is 15.5 Å². The lowest BCUT2D eigenvalue weighted by Gasteiger charge is -2.13. The van der Waals surface area contributed by atoms with Gasteiger partial charge < -0.3 is 15.5 Å². The Morgan fingerprint density at radius 3 is 2.48 bits per heavy atom. The molecule has 0 spiro atoms. The van der Waals surface area contributed by atoms with E-state index in [4.69, 9.17) is 0 Å². The number of benzene rings is 1. The maximum absolute atomic E-state index is 11.6. The van der Waals surface area contributed by atoms with E-state index in [9.17, 15) is 4.79 Å². The van der Waals surface area contributed by atoms with Crippen LogP contribution in [0.4, 0.5) is 10.5 Å². The molecule has 1 aromatic carbocycles. The van der Waals surface area contributed by atoms with E-state index in [1.807, 2.05) is 30.3 Å². The number of hydrogen-bond acceptors (Lipinski definition) is 2. The summed E-state index contributed by atoms with van der Waals surface area (Å²) in [6.07, 6.45) is 7.55. The average Bonchev–Trinajstić information content (AvgIpc) is 3.00. The number of carbonyl (C=O) groups excluding carboxylic acids is 1. The van der Waals surface area contributed by atoms with E-state index in [1.54, 1.807) is 0 Å². The van der Waals surface area contributed by atoms with Crippen molar-refractivity contribution in [3.63, 3.8) is 0 Å². The molecular formula is C17H27N3O. The van der Waals surface area contributed by atoms with Crippen LogP contribution in [0.2, 0.25) is 0 Å². The summed E-state index contributed by atoms with van der Waals surface area (Å²) in [5.74, 6) is 0. The number of hydrogen-bond donors (Lipinski definition) is 2. The molecule has 1 fully saturated rings.